The van der Waals surface area contributed by atoms with E-state index in [1.807, 2.05) is 0 Å². The van der Waals surface area contributed by atoms with E-state index in [4.69, 9.17) is 5.11 Å². The first-order valence-electron chi connectivity index (χ1n) is 8.08. The van der Waals surface area contributed by atoms with Gasteiger partial charge in [-0.1, -0.05) is 24.5 Å². The molecule has 120 valence electrons. The number of nitrogens with zero attached hydrogens (tertiary/aromatic N) is 3. The van der Waals surface area contributed by atoms with Crippen LogP contribution in [0.15, 0.2) is 6.20 Å². The molecular formula is C15H22N4O3. The van der Waals surface area contributed by atoms with Crippen molar-refractivity contribution in [3.05, 3.63) is 11.9 Å². The molecule has 2 N–H and O–H groups in total. The van der Waals surface area contributed by atoms with Crippen LogP contribution in [0.2, 0.25) is 0 Å². The van der Waals surface area contributed by atoms with E-state index in [2.05, 4.69) is 15.6 Å². The molecular weight excluding hydrogens is 284 g/mol. The minimum Gasteiger partial charge on any atom is -0.476 e. The van der Waals surface area contributed by atoms with Crippen molar-refractivity contribution >= 4 is 11.9 Å². The largest absolute Gasteiger partial charge is 0.476 e. The van der Waals surface area contributed by atoms with Crippen molar-refractivity contribution < 1.29 is 14.7 Å². The molecule has 0 saturated heterocycles. The lowest BCUT2D eigenvalue weighted by Gasteiger charge is -2.33. The van der Waals surface area contributed by atoms with Crippen LogP contribution in [-0.4, -0.2) is 38.0 Å². The zero-order chi connectivity index (χ0) is 15.5. The Labute approximate surface area is 129 Å². The lowest BCUT2D eigenvalue weighted by atomic mass is 9.82. The summed E-state index contributed by atoms with van der Waals surface area (Å²) in [6.45, 7) is 0. The SMILES string of the molecule is O=C(CC1CCC1)N[C@H]1CCCC[C@H]1n1cc(C(=O)O)nn1. The maximum absolute atomic E-state index is 12.2. The maximum Gasteiger partial charge on any atom is 0.358 e. The molecule has 0 aliphatic heterocycles. The molecule has 0 bridgehead atoms. The highest BCUT2D eigenvalue weighted by atomic mass is 16.4. The molecule has 22 heavy (non-hydrogen) atoms. The molecule has 0 aromatic carbocycles. The highest BCUT2D eigenvalue weighted by Gasteiger charge is 2.30. The van der Waals surface area contributed by atoms with Crippen LogP contribution in [0.3, 0.4) is 0 Å². The van der Waals surface area contributed by atoms with E-state index in [0.29, 0.717) is 12.3 Å². The van der Waals surface area contributed by atoms with E-state index in [1.165, 1.54) is 12.6 Å². The summed E-state index contributed by atoms with van der Waals surface area (Å²) in [5.41, 5.74) is -0.0508. The third-order valence-electron chi connectivity index (χ3n) is 4.84. The number of hydrogen-bond donors (Lipinski definition) is 2. The van der Waals surface area contributed by atoms with Gasteiger partial charge in [0.1, 0.15) is 0 Å². The van der Waals surface area contributed by atoms with Crippen molar-refractivity contribution in [3.63, 3.8) is 0 Å². The zero-order valence-corrected chi connectivity index (χ0v) is 12.6. The van der Waals surface area contributed by atoms with Gasteiger partial charge in [0.15, 0.2) is 5.69 Å². The van der Waals surface area contributed by atoms with Crippen LogP contribution in [-0.2, 0) is 4.79 Å². The van der Waals surface area contributed by atoms with E-state index in [0.717, 1.165) is 38.5 Å². The summed E-state index contributed by atoms with van der Waals surface area (Å²) < 4.78 is 1.61. The minimum atomic E-state index is -1.08. The maximum atomic E-state index is 12.2. The first kappa shape index (κ1) is 15.0. The van der Waals surface area contributed by atoms with Gasteiger partial charge in [0, 0.05) is 6.42 Å². The van der Waals surface area contributed by atoms with Crippen LogP contribution < -0.4 is 5.32 Å². The number of hydrogen-bond acceptors (Lipinski definition) is 4. The fraction of sp³-hybridized carbons (Fsp3) is 0.733. The van der Waals surface area contributed by atoms with Crippen molar-refractivity contribution in [3.8, 4) is 0 Å². The minimum absolute atomic E-state index is 0.000287. The van der Waals surface area contributed by atoms with Crippen molar-refractivity contribution in [2.75, 3.05) is 0 Å². The molecule has 1 amide bonds. The van der Waals surface area contributed by atoms with Crippen molar-refractivity contribution in [2.24, 2.45) is 5.92 Å². The van der Waals surface area contributed by atoms with Crippen LogP contribution >= 0.6 is 0 Å². The number of carboxylic acids is 1. The van der Waals surface area contributed by atoms with Crippen LogP contribution in [0.1, 0.15) is 67.9 Å². The summed E-state index contributed by atoms with van der Waals surface area (Å²) in [6, 6.07) is 0.0179. The summed E-state index contributed by atoms with van der Waals surface area (Å²) in [5.74, 6) is -0.417. The third-order valence-corrected chi connectivity index (χ3v) is 4.84. The van der Waals surface area contributed by atoms with E-state index in [-0.39, 0.29) is 23.7 Å². The Bertz CT molecular complexity index is 553. The molecule has 2 aliphatic carbocycles. The molecule has 3 rings (SSSR count). The smallest absolute Gasteiger partial charge is 0.358 e. The summed E-state index contributed by atoms with van der Waals surface area (Å²) >= 11 is 0. The molecule has 1 heterocycles. The number of rotatable bonds is 5. The van der Waals surface area contributed by atoms with Gasteiger partial charge in [-0.3, -0.25) is 4.79 Å². The van der Waals surface area contributed by atoms with Gasteiger partial charge in [-0.25, -0.2) is 9.48 Å². The Morgan fingerprint density at radius 2 is 2.00 bits per heavy atom. The number of nitrogens with one attached hydrogen (secondary N) is 1. The topological polar surface area (TPSA) is 97.1 Å². The molecule has 2 aliphatic rings. The fourth-order valence-electron chi connectivity index (χ4n) is 3.36. The number of amides is 1. The van der Waals surface area contributed by atoms with Gasteiger partial charge < -0.3 is 10.4 Å². The molecule has 1 aromatic rings. The molecule has 2 atom stereocenters. The average molecular weight is 306 g/mol. The summed E-state index contributed by atoms with van der Waals surface area (Å²) in [6.07, 6.45) is 9.55. The van der Waals surface area contributed by atoms with Crippen LogP contribution in [0, 0.1) is 5.92 Å². The lowest BCUT2D eigenvalue weighted by molar-refractivity contribution is -0.123. The molecule has 0 unspecified atom stereocenters. The van der Waals surface area contributed by atoms with Gasteiger partial charge in [-0.05, 0) is 31.6 Å². The van der Waals surface area contributed by atoms with Gasteiger partial charge in [0.25, 0.3) is 0 Å². The summed E-state index contributed by atoms with van der Waals surface area (Å²) in [5, 5.41) is 19.7. The standard InChI is InChI=1S/C15H22N4O3/c20-14(8-10-4-3-5-10)16-11-6-1-2-7-13(11)19-9-12(15(21)22)17-18-19/h9-11,13H,1-8H2,(H,16,20)(H,21,22)/t11-,13+/m0/s1. The van der Waals surface area contributed by atoms with Crippen molar-refractivity contribution in [2.45, 2.75) is 63.5 Å². The second-order valence-corrected chi connectivity index (χ2v) is 6.42. The van der Waals surface area contributed by atoms with Gasteiger partial charge in [-0.15, -0.1) is 5.10 Å². The first-order chi connectivity index (χ1) is 10.6. The Hall–Kier alpha value is -1.92. The normalized spacial score (nSPS) is 25.5. The first-order valence-corrected chi connectivity index (χ1v) is 8.08. The summed E-state index contributed by atoms with van der Waals surface area (Å²) in [4.78, 5) is 23.1. The van der Waals surface area contributed by atoms with E-state index < -0.39 is 5.97 Å². The van der Waals surface area contributed by atoms with E-state index in [1.54, 1.807) is 4.68 Å². The zero-order valence-electron chi connectivity index (χ0n) is 12.6. The average Bonchev–Trinajstić information content (AvgIpc) is 2.93. The van der Waals surface area contributed by atoms with Crippen LogP contribution in [0.25, 0.3) is 0 Å². The number of carboxylic acid groups (broad SMARTS) is 1. The summed E-state index contributed by atoms with van der Waals surface area (Å²) in [7, 11) is 0. The molecule has 2 saturated carbocycles. The molecule has 1 aromatic heterocycles. The number of aromatic nitrogens is 3. The Morgan fingerprint density at radius 3 is 2.64 bits per heavy atom. The number of carbonyl (C=O) groups excluding carboxylic acids is 1. The third kappa shape index (κ3) is 3.28. The van der Waals surface area contributed by atoms with Gasteiger partial charge >= 0.3 is 5.97 Å². The monoisotopic (exact) mass is 306 g/mol. The molecule has 7 heteroatoms. The molecule has 0 spiro atoms. The van der Waals surface area contributed by atoms with E-state index >= 15 is 0 Å². The van der Waals surface area contributed by atoms with Crippen LogP contribution in [0.5, 0.6) is 0 Å². The molecule has 2 fully saturated rings. The Morgan fingerprint density at radius 1 is 1.23 bits per heavy atom. The Balaban J connectivity index is 1.64. The predicted octanol–water partition coefficient (Wildman–Crippen LogP) is 1.77. The van der Waals surface area contributed by atoms with Gasteiger partial charge in [0.05, 0.1) is 18.3 Å². The highest BCUT2D eigenvalue weighted by Crippen LogP contribution is 2.31. The lowest BCUT2D eigenvalue weighted by Crippen LogP contribution is -2.44. The highest BCUT2D eigenvalue weighted by molar-refractivity contribution is 5.84. The Kier molecular flexibility index (Phi) is 4.40. The van der Waals surface area contributed by atoms with Gasteiger partial charge in [-0.2, -0.15) is 0 Å². The predicted molar refractivity (Wildman–Crippen MR) is 78.4 cm³/mol. The number of aromatic carboxylic acids is 1. The van der Waals surface area contributed by atoms with Crippen LogP contribution in [0.4, 0.5) is 0 Å². The second-order valence-electron chi connectivity index (χ2n) is 6.42. The molecule has 7 nitrogen and oxygen atoms in total. The number of carbonyl (C=O) groups is 2. The quantitative estimate of drug-likeness (QED) is 0.864. The van der Waals surface area contributed by atoms with Gasteiger partial charge in [0.2, 0.25) is 5.91 Å². The second kappa shape index (κ2) is 6.46. The van der Waals surface area contributed by atoms with Crippen molar-refractivity contribution in [1.82, 2.24) is 20.3 Å². The fourth-order valence-corrected chi connectivity index (χ4v) is 3.36. The van der Waals surface area contributed by atoms with Crippen molar-refractivity contribution in [1.29, 1.82) is 0 Å². The molecule has 0 radical (unpaired) electrons. The van der Waals surface area contributed by atoms with E-state index in [9.17, 15) is 9.59 Å².